The largest absolute Gasteiger partial charge is 0.310 e. The first-order valence-electron chi connectivity index (χ1n) is 22.0. The Labute approximate surface area is 368 Å². The van der Waals surface area contributed by atoms with Crippen molar-refractivity contribution in [3.8, 4) is 44.5 Å². The first kappa shape index (κ1) is 35.7. The highest BCUT2D eigenvalue weighted by atomic mass is 15.1. The summed E-state index contributed by atoms with van der Waals surface area (Å²) in [5.74, 6) is 0. The van der Waals surface area contributed by atoms with Crippen molar-refractivity contribution in [3.05, 3.63) is 293 Å². The molecule has 0 aliphatic heterocycles. The van der Waals surface area contributed by atoms with Gasteiger partial charge in [0, 0.05) is 17.1 Å². The molecule has 0 amide bonds. The van der Waals surface area contributed by atoms with Gasteiger partial charge >= 0.3 is 0 Å². The van der Waals surface area contributed by atoms with E-state index in [0.717, 1.165) is 17.1 Å². The minimum absolute atomic E-state index is 0.451. The molecule has 0 bridgehead atoms. The van der Waals surface area contributed by atoms with Crippen LogP contribution in [0.25, 0.3) is 44.5 Å². The second-order valence-corrected chi connectivity index (χ2v) is 17.1. The van der Waals surface area contributed by atoms with Crippen LogP contribution < -0.4 is 4.90 Å². The number of nitrogens with zero attached hydrogens (tertiary/aromatic N) is 1. The summed E-state index contributed by atoms with van der Waals surface area (Å²) in [4.78, 5) is 2.49. The number of fused-ring (bicyclic) bond motifs is 13. The van der Waals surface area contributed by atoms with Crippen LogP contribution in [0.15, 0.2) is 249 Å². The Morgan fingerprint density at radius 3 is 0.984 bits per heavy atom. The summed E-state index contributed by atoms with van der Waals surface area (Å²) in [6, 6.07) is 92.7. The van der Waals surface area contributed by atoms with Gasteiger partial charge in [-0.25, -0.2) is 0 Å². The summed E-state index contributed by atoms with van der Waals surface area (Å²) in [7, 11) is 0. The van der Waals surface area contributed by atoms with Gasteiger partial charge in [0.15, 0.2) is 0 Å². The third-order valence-electron chi connectivity index (χ3n) is 14.2. The summed E-state index contributed by atoms with van der Waals surface area (Å²) in [5.41, 5.74) is 23.0. The summed E-state index contributed by atoms with van der Waals surface area (Å²) in [5, 5.41) is 0. The normalized spacial score (nSPS) is 14.0. The summed E-state index contributed by atoms with van der Waals surface area (Å²) in [6.45, 7) is 0. The van der Waals surface area contributed by atoms with Crippen LogP contribution >= 0.6 is 0 Å². The molecule has 1 spiro atoms. The van der Waals surface area contributed by atoms with Gasteiger partial charge in [-0.15, -0.1) is 0 Å². The van der Waals surface area contributed by atoms with Crippen LogP contribution in [0.5, 0.6) is 0 Å². The molecule has 1 heteroatoms. The lowest BCUT2D eigenvalue weighted by atomic mass is 9.67. The first-order chi connectivity index (χ1) is 31.3. The van der Waals surface area contributed by atoms with E-state index >= 15 is 0 Å². The van der Waals surface area contributed by atoms with Crippen molar-refractivity contribution in [2.24, 2.45) is 0 Å². The highest BCUT2D eigenvalue weighted by Crippen LogP contribution is 2.64. The number of hydrogen-bond acceptors (Lipinski definition) is 1. The molecule has 13 rings (SSSR count). The second-order valence-electron chi connectivity index (χ2n) is 17.1. The molecule has 0 atom stereocenters. The highest BCUT2D eigenvalue weighted by molar-refractivity contribution is 5.97. The number of anilines is 3. The average Bonchev–Trinajstić information content (AvgIpc) is 3.95. The SMILES string of the molecule is c1ccc(-c2ccc(N(c3ccc4c(c3)C(c3ccccc3)(c3ccccc3)c3ccccc3-4)c3ccc4c(c3)C3(c5ccccc5-c5ccccc53)c3ccccc3-4)cc2)cc1. The van der Waals surface area contributed by atoms with Crippen molar-refractivity contribution in [2.75, 3.05) is 4.90 Å². The minimum atomic E-state index is -0.520. The quantitative estimate of drug-likeness (QED) is 0.162. The topological polar surface area (TPSA) is 3.24 Å². The smallest absolute Gasteiger partial charge is 0.0726 e. The van der Waals surface area contributed by atoms with E-state index in [9.17, 15) is 0 Å². The van der Waals surface area contributed by atoms with Crippen molar-refractivity contribution >= 4 is 17.1 Å². The molecule has 3 aliphatic carbocycles. The van der Waals surface area contributed by atoms with E-state index in [2.05, 4.69) is 254 Å². The van der Waals surface area contributed by atoms with E-state index in [1.165, 1.54) is 89.0 Å². The van der Waals surface area contributed by atoms with Crippen molar-refractivity contribution in [1.29, 1.82) is 0 Å². The molecular weight excluding hydrogens is 759 g/mol. The molecule has 0 unspecified atom stereocenters. The predicted molar refractivity (Wildman–Crippen MR) is 260 cm³/mol. The zero-order valence-corrected chi connectivity index (χ0v) is 34.6. The van der Waals surface area contributed by atoms with Crippen LogP contribution in [0.2, 0.25) is 0 Å². The molecule has 0 N–H and O–H groups in total. The zero-order valence-electron chi connectivity index (χ0n) is 34.6. The lowest BCUT2D eigenvalue weighted by Gasteiger charge is -2.35. The molecule has 0 saturated heterocycles. The first-order valence-corrected chi connectivity index (χ1v) is 22.0. The summed E-state index contributed by atoms with van der Waals surface area (Å²) < 4.78 is 0. The van der Waals surface area contributed by atoms with Gasteiger partial charge in [-0.05, 0) is 125 Å². The molecule has 0 radical (unpaired) electrons. The minimum Gasteiger partial charge on any atom is -0.310 e. The van der Waals surface area contributed by atoms with E-state index < -0.39 is 10.8 Å². The van der Waals surface area contributed by atoms with Gasteiger partial charge in [-0.3, -0.25) is 0 Å². The van der Waals surface area contributed by atoms with E-state index in [0.29, 0.717) is 0 Å². The van der Waals surface area contributed by atoms with E-state index in [1.54, 1.807) is 0 Å². The van der Waals surface area contributed by atoms with Crippen LogP contribution in [0.4, 0.5) is 17.1 Å². The van der Waals surface area contributed by atoms with Crippen molar-refractivity contribution in [2.45, 2.75) is 10.8 Å². The molecule has 10 aromatic carbocycles. The Hall–Kier alpha value is -8.00. The predicted octanol–water partition coefficient (Wildman–Crippen LogP) is 15.5. The molecule has 0 heterocycles. The van der Waals surface area contributed by atoms with Gasteiger partial charge in [0.2, 0.25) is 0 Å². The highest BCUT2D eigenvalue weighted by Gasteiger charge is 2.52. The summed E-state index contributed by atoms with van der Waals surface area (Å²) >= 11 is 0. The van der Waals surface area contributed by atoms with Gasteiger partial charge in [0.25, 0.3) is 0 Å². The Kier molecular flexibility index (Phi) is 7.80. The second kappa shape index (κ2) is 13.8. The Morgan fingerprint density at radius 1 is 0.222 bits per heavy atom. The maximum Gasteiger partial charge on any atom is 0.0726 e. The molecular formula is C62H41N. The van der Waals surface area contributed by atoms with Crippen molar-refractivity contribution in [3.63, 3.8) is 0 Å². The van der Waals surface area contributed by atoms with Gasteiger partial charge in [0.05, 0.1) is 10.8 Å². The zero-order chi connectivity index (χ0) is 41.5. The number of benzene rings is 10. The molecule has 1 nitrogen and oxygen atoms in total. The van der Waals surface area contributed by atoms with Crippen LogP contribution in [-0.4, -0.2) is 0 Å². The Morgan fingerprint density at radius 2 is 0.540 bits per heavy atom. The summed E-state index contributed by atoms with van der Waals surface area (Å²) in [6.07, 6.45) is 0. The lowest BCUT2D eigenvalue weighted by Crippen LogP contribution is -2.28. The molecule has 0 saturated carbocycles. The Balaban J connectivity index is 1.08. The molecule has 3 aliphatic rings. The standard InChI is InChI=1S/C62H41N/c1-4-18-42(19-5-1)43-32-34-46(35-33-43)63(47-36-38-53-51-26-10-14-28-55(51)61(59(53)40-47,44-20-6-2-7-21-44)45-22-8-3-9-23-45)48-37-39-54-52-27-13-17-31-58(52)62(60(54)41-48)56-29-15-11-24-49(56)50-25-12-16-30-57(50)62/h1-41H. The fourth-order valence-corrected chi connectivity index (χ4v) is 11.7. The molecule has 10 aromatic rings. The number of rotatable bonds is 6. The van der Waals surface area contributed by atoms with Crippen LogP contribution in [0.1, 0.15) is 44.5 Å². The maximum absolute atomic E-state index is 2.50. The fraction of sp³-hybridized carbons (Fsp3) is 0.0323. The van der Waals surface area contributed by atoms with E-state index in [4.69, 9.17) is 0 Å². The van der Waals surface area contributed by atoms with Crippen LogP contribution in [0.3, 0.4) is 0 Å². The van der Waals surface area contributed by atoms with Crippen LogP contribution in [-0.2, 0) is 10.8 Å². The average molecular weight is 800 g/mol. The third kappa shape index (κ3) is 4.94. The lowest BCUT2D eigenvalue weighted by molar-refractivity contribution is 0.768. The van der Waals surface area contributed by atoms with Gasteiger partial charge in [-0.2, -0.15) is 0 Å². The fourth-order valence-electron chi connectivity index (χ4n) is 11.7. The van der Waals surface area contributed by atoms with Gasteiger partial charge in [-0.1, -0.05) is 212 Å². The van der Waals surface area contributed by atoms with Gasteiger partial charge < -0.3 is 4.90 Å². The van der Waals surface area contributed by atoms with Crippen LogP contribution in [0, 0.1) is 0 Å². The Bertz CT molecular complexity index is 3180. The number of hydrogen-bond donors (Lipinski definition) is 0. The molecule has 63 heavy (non-hydrogen) atoms. The monoisotopic (exact) mass is 799 g/mol. The maximum atomic E-state index is 2.50. The van der Waals surface area contributed by atoms with E-state index in [1.807, 2.05) is 0 Å². The van der Waals surface area contributed by atoms with E-state index in [-0.39, 0.29) is 0 Å². The molecule has 0 fully saturated rings. The molecule has 0 aromatic heterocycles. The third-order valence-corrected chi connectivity index (χ3v) is 14.2. The van der Waals surface area contributed by atoms with Crippen molar-refractivity contribution < 1.29 is 0 Å². The van der Waals surface area contributed by atoms with Gasteiger partial charge in [0.1, 0.15) is 0 Å². The molecule has 294 valence electrons. The van der Waals surface area contributed by atoms with Crippen molar-refractivity contribution in [1.82, 2.24) is 0 Å².